The summed E-state index contributed by atoms with van der Waals surface area (Å²) < 4.78 is 6.95. The van der Waals surface area contributed by atoms with Crippen LogP contribution in [0, 0.1) is 6.92 Å². The van der Waals surface area contributed by atoms with Crippen LogP contribution in [0.4, 0.5) is 0 Å². The number of hydrazine groups is 1. The third-order valence-electron chi connectivity index (χ3n) is 3.43. The smallest absolute Gasteiger partial charge is 0.134 e. The highest BCUT2D eigenvalue weighted by Gasteiger charge is 2.20. The van der Waals surface area contributed by atoms with E-state index in [4.69, 9.17) is 10.3 Å². The van der Waals surface area contributed by atoms with Crippen molar-refractivity contribution in [1.82, 2.24) is 5.43 Å². The minimum absolute atomic E-state index is 0.184. The van der Waals surface area contributed by atoms with Crippen molar-refractivity contribution < 1.29 is 4.42 Å². The van der Waals surface area contributed by atoms with Crippen molar-refractivity contribution in [2.75, 3.05) is 0 Å². The van der Waals surface area contributed by atoms with Gasteiger partial charge in [-0.25, -0.2) is 5.43 Å². The van der Waals surface area contributed by atoms with Crippen LogP contribution in [0.3, 0.4) is 0 Å². The van der Waals surface area contributed by atoms with Gasteiger partial charge in [-0.05, 0) is 30.2 Å². The van der Waals surface area contributed by atoms with Crippen molar-refractivity contribution in [2.45, 2.75) is 13.0 Å². The molecule has 1 aromatic heterocycles. The number of fused-ring (bicyclic) bond motifs is 1. The van der Waals surface area contributed by atoms with E-state index in [0.29, 0.717) is 0 Å². The van der Waals surface area contributed by atoms with E-state index in [1.165, 1.54) is 5.56 Å². The van der Waals surface area contributed by atoms with Gasteiger partial charge in [0.2, 0.25) is 0 Å². The third kappa shape index (κ3) is 2.26. The van der Waals surface area contributed by atoms with Crippen molar-refractivity contribution in [2.24, 2.45) is 5.84 Å². The summed E-state index contributed by atoms with van der Waals surface area (Å²) in [6.07, 6.45) is 0. The number of aryl methyl sites for hydroxylation is 1. The van der Waals surface area contributed by atoms with E-state index in [1.807, 2.05) is 42.5 Å². The molecule has 0 fully saturated rings. The van der Waals surface area contributed by atoms with Gasteiger partial charge in [0.15, 0.2) is 0 Å². The van der Waals surface area contributed by atoms with Crippen LogP contribution in [0.1, 0.15) is 22.9 Å². The number of halogens is 1. The number of rotatable bonds is 3. The molecule has 4 heteroatoms. The van der Waals surface area contributed by atoms with E-state index < -0.39 is 0 Å². The molecule has 3 nitrogen and oxygen atoms in total. The maximum atomic E-state index is 5.91. The molecule has 0 bridgehead atoms. The fraction of sp³-hybridized carbons (Fsp3) is 0.125. The second kappa shape index (κ2) is 5.40. The monoisotopic (exact) mass is 330 g/mol. The Morgan fingerprint density at radius 1 is 1.15 bits per heavy atom. The Morgan fingerprint density at radius 3 is 2.70 bits per heavy atom. The first-order valence-electron chi connectivity index (χ1n) is 6.40. The Balaban J connectivity index is 2.11. The number of nitrogens with two attached hydrogens (primary N) is 1. The maximum absolute atomic E-state index is 5.91. The molecular weight excluding hydrogens is 316 g/mol. The number of hydrogen-bond donors (Lipinski definition) is 2. The first-order valence-corrected chi connectivity index (χ1v) is 7.19. The molecule has 3 N–H and O–H groups in total. The summed E-state index contributed by atoms with van der Waals surface area (Å²) in [5.74, 6) is 6.55. The van der Waals surface area contributed by atoms with Crippen molar-refractivity contribution in [3.05, 3.63) is 69.9 Å². The van der Waals surface area contributed by atoms with Gasteiger partial charge in [-0.2, -0.15) is 0 Å². The zero-order chi connectivity index (χ0) is 14.1. The van der Waals surface area contributed by atoms with E-state index in [-0.39, 0.29) is 6.04 Å². The van der Waals surface area contributed by atoms with Crippen LogP contribution in [0.25, 0.3) is 11.0 Å². The van der Waals surface area contributed by atoms with E-state index in [0.717, 1.165) is 26.8 Å². The van der Waals surface area contributed by atoms with E-state index >= 15 is 0 Å². The molecule has 3 rings (SSSR count). The van der Waals surface area contributed by atoms with Gasteiger partial charge in [0.05, 0.1) is 0 Å². The highest BCUT2D eigenvalue weighted by Crippen LogP contribution is 2.33. The normalized spacial score (nSPS) is 12.8. The van der Waals surface area contributed by atoms with Gasteiger partial charge < -0.3 is 4.42 Å². The second-order valence-electron chi connectivity index (χ2n) is 4.76. The van der Waals surface area contributed by atoms with Gasteiger partial charge in [0.25, 0.3) is 0 Å². The van der Waals surface area contributed by atoms with Gasteiger partial charge in [0, 0.05) is 9.86 Å². The summed E-state index contributed by atoms with van der Waals surface area (Å²) in [6, 6.07) is 15.9. The van der Waals surface area contributed by atoms with Crippen molar-refractivity contribution in [3.8, 4) is 0 Å². The summed E-state index contributed by atoms with van der Waals surface area (Å²) in [6.45, 7) is 2.06. The molecule has 0 aliphatic carbocycles. The Bertz CT molecular complexity index is 718. The minimum atomic E-state index is -0.184. The molecule has 0 amide bonds. The van der Waals surface area contributed by atoms with Gasteiger partial charge in [0.1, 0.15) is 17.4 Å². The molecule has 0 aliphatic rings. The average molecular weight is 331 g/mol. The third-order valence-corrected chi connectivity index (χ3v) is 4.51. The lowest BCUT2D eigenvalue weighted by Gasteiger charge is -2.16. The first-order chi connectivity index (χ1) is 9.70. The molecule has 0 aliphatic heterocycles. The fourth-order valence-corrected chi connectivity index (χ4v) is 2.86. The highest BCUT2D eigenvalue weighted by atomic mass is 79.9. The van der Waals surface area contributed by atoms with Crippen molar-refractivity contribution in [3.63, 3.8) is 0 Å². The fourth-order valence-electron chi connectivity index (χ4n) is 2.36. The largest absolute Gasteiger partial charge is 0.459 e. The zero-order valence-electron chi connectivity index (χ0n) is 11.1. The van der Waals surface area contributed by atoms with Crippen molar-refractivity contribution in [1.29, 1.82) is 0 Å². The average Bonchev–Trinajstić information content (AvgIpc) is 2.87. The van der Waals surface area contributed by atoms with Gasteiger partial charge in [-0.1, -0.05) is 52.3 Å². The van der Waals surface area contributed by atoms with E-state index in [1.54, 1.807) is 0 Å². The first kappa shape index (κ1) is 13.4. The lowest BCUT2D eigenvalue weighted by atomic mass is 10.0. The van der Waals surface area contributed by atoms with E-state index in [9.17, 15) is 0 Å². The highest BCUT2D eigenvalue weighted by molar-refractivity contribution is 9.10. The predicted molar refractivity (Wildman–Crippen MR) is 84.3 cm³/mol. The van der Waals surface area contributed by atoms with Gasteiger partial charge in [-0.15, -0.1) is 0 Å². The van der Waals surface area contributed by atoms with Crippen molar-refractivity contribution >= 4 is 26.9 Å². The second-order valence-corrected chi connectivity index (χ2v) is 5.56. The molecule has 20 heavy (non-hydrogen) atoms. The molecule has 0 saturated heterocycles. The summed E-state index contributed by atoms with van der Waals surface area (Å²) >= 11 is 3.63. The van der Waals surface area contributed by atoms with Crippen LogP contribution in [0.2, 0.25) is 0 Å². The minimum Gasteiger partial charge on any atom is -0.459 e. The molecule has 0 spiro atoms. The van der Waals surface area contributed by atoms with Gasteiger partial charge >= 0.3 is 0 Å². The molecule has 2 aromatic carbocycles. The molecule has 1 heterocycles. The Kier molecular flexibility index (Phi) is 3.61. The summed E-state index contributed by atoms with van der Waals surface area (Å²) in [5.41, 5.74) is 5.93. The molecule has 0 saturated carbocycles. The Hall–Kier alpha value is -1.62. The standard InChI is InChI=1S/C16H15BrN2O/c1-10-5-4-7-12(15(10)17)16(19-18)14-9-11-6-2-3-8-13(11)20-14/h2-9,16,19H,18H2,1H3. The molecule has 3 aromatic rings. The van der Waals surface area contributed by atoms with Crippen LogP contribution in [-0.2, 0) is 0 Å². The SMILES string of the molecule is Cc1cccc(C(NN)c2cc3ccccc3o2)c1Br. The molecular formula is C16H15BrN2O. The maximum Gasteiger partial charge on any atom is 0.134 e. The van der Waals surface area contributed by atoms with Crippen LogP contribution < -0.4 is 11.3 Å². The molecule has 1 unspecified atom stereocenters. The number of para-hydroxylation sites is 1. The van der Waals surface area contributed by atoms with E-state index in [2.05, 4.69) is 34.3 Å². The lowest BCUT2D eigenvalue weighted by molar-refractivity contribution is 0.476. The number of benzene rings is 2. The summed E-state index contributed by atoms with van der Waals surface area (Å²) in [5, 5.41) is 1.08. The Morgan fingerprint density at radius 2 is 1.95 bits per heavy atom. The summed E-state index contributed by atoms with van der Waals surface area (Å²) in [4.78, 5) is 0. The molecule has 1 atom stereocenters. The van der Waals surface area contributed by atoms with Gasteiger partial charge in [-0.3, -0.25) is 5.84 Å². The van der Waals surface area contributed by atoms with Crippen LogP contribution >= 0.6 is 15.9 Å². The predicted octanol–water partition coefficient (Wildman–Crippen LogP) is 4.06. The lowest BCUT2D eigenvalue weighted by Crippen LogP contribution is -2.28. The Labute approximate surface area is 125 Å². The van der Waals surface area contributed by atoms with Crippen LogP contribution in [0.15, 0.2) is 57.4 Å². The summed E-state index contributed by atoms with van der Waals surface area (Å²) in [7, 11) is 0. The van der Waals surface area contributed by atoms with Crippen LogP contribution in [-0.4, -0.2) is 0 Å². The topological polar surface area (TPSA) is 51.2 Å². The number of nitrogens with one attached hydrogen (secondary N) is 1. The quantitative estimate of drug-likeness (QED) is 0.562. The number of furan rings is 1. The number of hydrogen-bond acceptors (Lipinski definition) is 3. The van der Waals surface area contributed by atoms with Crippen LogP contribution in [0.5, 0.6) is 0 Å². The zero-order valence-corrected chi connectivity index (χ0v) is 12.6. The molecule has 102 valence electrons. The molecule has 0 radical (unpaired) electrons.